The third kappa shape index (κ3) is 10.4. The lowest BCUT2D eigenvalue weighted by Gasteiger charge is -2.15. The van der Waals surface area contributed by atoms with Crippen molar-refractivity contribution < 1.29 is 17.9 Å². The molecule has 1 N–H and O–H groups in total. The Balaban J connectivity index is 3.59. The molecule has 0 aliphatic carbocycles. The quantitative estimate of drug-likeness (QED) is 0.558. The maximum atomic E-state index is 10.9. The number of sulfone groups is 1. The van der Waals surface area contributed by atoms with Crippen LogP contribution in [0.4, 0.5) is 0 Å². The number of rotatable bonds is 10. The highest BCUT2D eigenvalue weighted by Crippen LogP contribution is 2.00. The van der Waals surface area contributed by atoms with Crippen molar-refractivity contribution in [2.75, 3.05) is 46.0 Å². The van der Waals surface area contributed by atoms with Crippen molar-refractivity contribution in [2.24, 2.45) is 0 Å². The van der Waals surface area contributed by atoms with Crippen molar-refractivity contribution in [1.29, 1.82) is 0 Å². The molecule has 0 bridgehead atoms. The van der Waals surface area contributed by atoms with Crippen LogP contribution < -0.4 is 5.32 Å². The molecular formula is C10H23NO4S. The van der Waals surface area contributed by atoms with E-state index in [-0.39, 0.29) is 11.8 Å². The smallest absolute Gasteiger partial charge is 0.147 e. The number of hydrogen-bond acceptors (Lipinski definition) is 5. The molecule has 5 nitrogen and oxygen atoms in total. The molecule has 0 aliphatic heterocycles. The van der Waals surface area contributed by atoms with Gasteiger partial charge in [0.15, 0.2) is 0 Å². The van der Waals surface area contributed by atoms with Crippen LogP contribution >= 0.6 is 0 Å². The molecule has 98 valence electrons. The van der Waals surface area contributed by atoms with Crippen LogP contribution in [0, 0.1) is 0 Å². The van der Waals surface area contributed by atoms with Gasteiger partial charge in [0.1, 0.15) is 9.84 Å². The highest BCUT2D eigenvalue weighted by molar-refractivity contribution is 7.90. The van der Waals surface area contributed by atoms with Gasteiger partial charge < -0.3 is 14.8 Å². The molecule has 0 aromatic rings. The van der Waals surface area contributed by atoms with Gasteiger partial charge in [-0.05, 0) is 19.9 Å². The van der Waals surface area contributed by atoms with Gasteiger partial charge in [-0.2, -0.15) is 0 Å². The molecule has 0 saturated heterocycles. The summed E-state index contributed by atoms with van der Waals surface area (Å²) in [5.74, 6) is 0.239. The van der Waals surface area contributed by atoms with E-state index in [0.717, 1.165) is 6.42 Å². The first-order valence-corrected chi connectivity index (χ1v) is 7.47. The standard InChI is InChI=1S/C10H23NO4S/c1-11-10(9-15-7-6-14-2)5-4-8-16(3,12)13/h10-11H,4-9H2,1-3H3. The van der Waals surface area contributed by atoms with Crippen LogP contribution in [0.25, 0.3) is 0 Å². The Hall–Kier alpha value is -0.170. The first kappa shape index (κ1) is 15.8. The number of ether oxygens (including phenoxy) is 2. The van der Waals surface area contributed by atoms with Crippen molar-refractivity contribution in [3.05, 3.63) is 0 Å². The average molecular weight is 253 g/mol. The van der Waals surface area contributed by atoms with E-state index in [0.29, 0.717) is 26.2 Å². The Morgan fingerprint density at radius 2 is 2.00 bits per heavy atom. The summed E-state index contributed by atoms with van der Waals surface area (Å²) in [5.41, 5.74) is 0. The first-order chi connectivity index (χ1) is 7.49. The molecule has 0 rings (SSSR count). The zero-order valence-electron chi connectivity index (χ0n) is 10.4. The van der Waals surface area contributed by atoms with Crippen molar-refractivity contribution in [3.8, 4) is 0 Å². The lowest BCUT2D eigenvalue weighted by atomic mass is 10.2. The molecule has 0 heterocycles. The highest BCUT2D eigenvalue weighted by atomic mass is 32.2. The summed E-state index contributed by atoms with van der Waals surface area (Å²) in [5, 5.41) is 3.10. The Labute approximate surface area is 98.4 Å². The van der Waals surface area contributed by atoms with Crippen LogP contribution in [0.3, 0.4) is 0 Å². The molecule has 0 amide bonds. The van der Waals surface area contributed by atoms with Gasteiger partial charge in [0.25, 0.3) is 0 Å². The molecule has 1 atom stereocenters. The lowest BCUT2D eigenvalue weighted by molar-refractivity contribution is 0.0585. The predicted molar refractivity (Wildman–Crippen MR) is 64.5 cm³/mol. The topological polar surface area (TPSA) is 64.6 Å². The van der Waals surface area contributed by atoms with E-state index in [1.807, 2.05) is 7.05 Å². The van der Waals surface area contributed by atoms with Gasteiger partial charge in [0.2, 0.25) is 0 Å². The Morgan fingerprint density at radius 1 is 1.31 bits per heavy atom. The van der Waals surface area contributed by atoms with Gasteiger partial charge in [-0.3, -0.25) is 0 Å². The van der Waals surface area contributed by atoms with Gasteiger partial charge >= 0.3 is 0 Å². The van der Waals surface area contributed by atoms with E-state index >= 15 is 0 Å². The largest absolute Gasteiger partial charge is 0.382 e. The zero-order valence-corrected chi connectivity index (χ0v) is 11.2. The maximum Gasteiger partial charge on any atom is 0.147 e. The molecule has 0 spiro atoms. The monoisotopic (exact) mass is 253 g/mol. The Bertz CT molecular complexity index is 254. The van der Waals surface area contributed by atoms with Crippen molar-refractivity contribution in [2.45, 2.75) is 18.9 Å². The van der Waals surface area contributed by atoms with E-state index < -0.39 is 9.84 Å². The Morgan fingerprint density at radius 3 is 2.50 bits per heavy atom. The van der Waals surface area contributed by atoms with Crippen LogP contribution in [0.1, 0.15) is 12.8 Å². The van der Waals surface area contributed by atoms with Crippen LogP contribution in [-0.2, 0) is 19.3 Å². The second-order valence-electron chi connectivity index (χ2n) is 3.83. The molecule has 0 radical (unpaired) electrons. The highest BCUT2D eigenvalue weighted by Gasteiger charge is 2.08. The van der Waals surface area contributed by atoms with Crippen LogP contribution in [0.15, 0.2) is 0 Å². The number of methoxy groups -OCH3 is 1. The number of likely N-dealkylation sites (N-methyl/N-ethyl adjacent to an activating group) is 1. The number of hydrogen-bond donors (Lipinski definition) is 1. The Kier molecular flexibility index (Phi) is 8.83. The molecule has 1 unspecified atom stereocenters. The van der Waals surface area contributed by atoms with Gasteiger partial charge in [-0.15, -0.1) is 0 Å². The minimum atomic E-state index is -2.85. The number of nitrogens with one attached hydrogen (secondary N) is 1. The van der Waals surface area contributed by atoms with E-state index in [2.05, 4.69) is 5.32 Å². The third-order valence-electron chi connectivity index (χ3n) is 2.23. The van der Waals surface area contributed by atoms with Gasteiger partial charge in [-0.25, -0.2) is 8.42 Å². The molecule has 0 saturated carbocycles. The summed E-state index contributed by atoms with van der Waals surface area (Å²) >= 11 is 0. The summed E-state index contributed by atoms with van der Waals surface area (Å²) in [7, 11) is 0.636. The molecule has 16 heavy (non-hydrogen) atoms. The zero-order chi connectivity index (χ0) is 12.4. The summed E-state index contributed by atoms with van der Waals surface area (Å²) in [4.78, 5) is 0. The predicted octanol–water partition coefficient (Wildman–Crippen LogP) is 0.0622. The van der Waals surface area contributed by atoms with E-state index in [4.69, 9.17) is 9.47 Å². The van der Waals surface area contributed by atoms with Crippen molar-refractivity contribution in [3.63, 3.8) is 0 Å². The van der Waals surface area contributed by atoms with E-state index in [1.165, 1.54) is 6.26 Å². The van der Waals surface area contributed by atoms with Gasteiger partial charge in [-0.1, -0.05) is 0 Å². The van der Waals surface area contributed by atoms with Gasteiger partial charge in [0, 0.05) is 25.2 Å². The molecular weight excluding hydrogens is 230 g/mol. The van der Waals surface area contributed by atoms with Gasteiger partial charge in [0.05, 0.1) is 19.8 Å². The molecule has 0 aliphatic rings. The van der Waals surface area contributed by atoms with Crippen LogP contribution in [0.5, 0.6) is 0 Å². The summed E-state index contributed by atoms with van der Waals surface area (Å²) in [6.45, 7) is 1.74. The fourth-order valence-corrected chi connectivity index (χ4v) is 1.96. The minimum Gasteiger partial charge on any atom is -0.382 e. The average Bonchev–Trinajstić information content (AvgIpc) is 2.20. The summed E-state index contributed by atoms with van der Waals surface area (Å²) in [6.07, 6.45) is 2.73. The van der Waals surface area contributed by atoms with Crippen LogP contribution in [-0.4, -0.2) is 60.4 Å². The minimum absolute atomic E-state index is 0.207. The van der Waals surface area contributed by atoms with E-state index in [9.17, 15) is 8.42 Å². The molecule has 0 aromatic heterocycles. The third-order valence-corrected chi connectivity index (χ3v) is 3.26. The van der Waals surface area contributed by atoms with Crippen molar-refractivity contribution in [1.82, 2.24) is 5.32 Å². The summed E-state index contributed by atoms with van der Waals surface area (Å²) in [6, 6.07) is 0.207. The molecule has 0 fully saturated rings. The van der Waals surface area contributed by atoms with Crippen LogP contribution in [0.2, 0.25) is 0 Å². The second kappa shape index (κ2) is 8.92. The van der Waals surface area contributed by atoms with E-state index in [1.54, 1.807) is 7.11 Å². The SMILES string of the molecule is CNC(CCCS(C)(=O)=O)COCCOC. The lowest BCUT2D eigenvalue weighted by Crippen LogP contribution is -2.31. The normalized spacial score (nSPS) is 13.9. The summed E-state index contributed by atoms with van der Waals surface area (Å²) < 4.78 is 32.1. The maximum absolute atomic E-state index is 10.9. The van der Waals surface area contributed by atoms with Crippen molar-refractivity contribution >= 4 is 9.84 Å². The fourth-order valence-electron chi connectivity index (χ4n) is 1.27. The molecule has 6 heteroatoms. The second-order valence-corrected chi connectivity index (χ2v) is 6.09. The molecule has 0 aromatic carbocycles. The first-order valence-electron chi connectivity index (χ1n) is 5.41. The fraction of sp³-hybridized carbons (Fsp3) is 1.00.